The predicted octanol–water partition coefficient (Wildman–Crippen LogP) is 4.02. The highest BCUT2D eigenvalue weighted by Gasteiger charge is 2.15. The molecule has 5 nitrogen and oxygen atoms in total. The largest absolute Gasteiger partial charge is 0.352 e. The minimum absolute atomic E-state index is 0.123. The number of carbonyl (C=O) groups is 1. The van der Waals surface area contributed by atoms with E-state index in [9.17, 15) is 13.2 Å². The Morgan fingerprint density at radius 3 is 2.27 bits per heavy atom. The van der Waals surface area contributed by atoms with Gasteiger partial charge in [0.2, 0.25) is 0 Å². The van der Waals surface area contributed by atoms with E-state index < -0.39 is 10.0 Å². The Hall–Kier alpha value is -2.34. The molecular formula is C20H26N2O3S. The van der Waals surface area contributed by atoms with Gasteiger partial charge < -0.3 is 5.32 Å². The van der Waals surface area contributed by atoms with Gasteiger partial charge in [0, 0.05) is 17.8 Å². The van der Waals surface area contributed by atoms with E-state index in [4.69, 9.17) is 0 Å². The molecule has 0 fully saturated rings. The Labute approximate surface area is 155 Å². The summed E-state index contributed by atoms with van der Waals surface area (Å²) >= 11 is 0. The van der Waals surface area contributed by atoms with Gasteiger partial charge in [-0.25, -0.2) is 8.42 Å². The lowest BCUT2D eigenvalue weighted by molar-refractivity contribution is 0.0953. The topological polar surface area (TPSA) is 75.3 Å². The van der Waals surface area contributed by atoms with Crippen molar-refractivity contribution in [2.75, 3.05) is 11.3 Å². The van der Waals surface area contributed by atoms with E-state index in [0.717, 1.165) is 30.4 Å². The third kappa shape index (κ3) is 5.33. The quantitative estimate of drug-likeness (QED) is 0.685. The van der Waals surface area contributed by atoms with Crippen LogP contribution < -0.4 is 10.0 Å². The van der Waals surface area contributed by atoms with Gasteiger partial charge in [-0.1, -0.05) is 25.8 Å². The van der Waals surface area contributed by atoms with Crippen molar-refractivity contribution in [2.24, 2.45) is 0 Å². The number of amides is 1. The van der Waals surface area contributed by atoms with E-state index in [1.54, 1.807) is 12.1 Å². The van der Waals surface area contributed by atoms with Crippen molar-refractivity contribution < 1.29 is 13.2 Å². The Morgan fingerprint density at radius 2 is 1.65 bits per heavy atom. The normalized spacial score (nSPS) is 11.2. The summed E-state index contributed by atoms with van der Waals surface area (Å²) in [6, 6.07) is 11.4. The maximum atomic E-state index is 12.5. The summed E-state index contributed by atoms with van der Waals surface area (Å²) in [5, 5.41) is 2.84. The lowest BCUT2D eigenvalue weighted by Crippen LogP contribution is -2.24. The maximum absolute atomic E-state index is 12.5. The smallest absolute Gasteiger partial charge is 0.261 e. The van der Waals surface area contributed by atoms with Gasteiger partial charge in [-0.15, -0.1) is 0 Å². The van der Waals surface area contributed by atoms with Gasteiger partial charge in [0.05, 0.1) is 4.90 Å². The zero-order valence-electron chi connectivity index (χ0n) is 15.5. The molecule has 0 heterocycles. The zero-order valence-corrected chi connectivity index (χ0v) is 16.3. The number of unbranched alkanes of at least 4 members (excludes halogenated alkanes) is 2. The Balaban J connectivity index is 2.06. The highest BCUT2D eigenvalue weighted by Crippen LogP contribution is 2.19. The molecule has 2 rings (SSSR count). The first-order valence-corrected chi connectivity index (χ1v) is 10.3. The molecule has 140 valence electrons. The van der Waals surface area contributed by atoms with Gasteiger partial charge in [-0.05, 0) is 67.8 Å². The Kier molecular flexibility index (Phi) is 6.80. The molecule has 0 aliphatic rings. The number of rotatable bonds is 8. The fourth-order valence-corrected chi connectivity index (χ4v) is 3.53. The second-order valence-corrected chi connectivity index (χ2v) is 8.07. The fraction of sp³-hybridized carbons (Fsp3) is 0.350. The molecule has 2 N–H and O–H groups in total. The molecule has 0 radical (unpaired) electrons. The second kappa shape index (κ2) is 8.85. The predicted molar refractivity (Wildman–Crippen MR) is 105 cm³/mol. The van der Waals surface area contributed by atoms with Crippen molar-refractivity contribution in [3.63, 3.8) is 0 Å². The number of carbonyl (C=O) groups excluding carboxylic acids is 1. The van der Waals surface area contributed by atoms with Crippen LogP contribution in [0.5, 0.6) is 0 Å². The van der Waals surface area contributed by atoms with Crippen molar-refractivity contribution in [1.29, 1.82) is 0 Å². The molecule has 0 aliphatic carbocycles. The second-order valence-electron chi connectivity index (χ2n) is 6.39. The average Bonchev–Trinajstić information content (AvgIpc) is 2.61. The number of hydrogen-bond acceptors (Lipinski definition) is 3. The first-order valence-electron chi connectivity index (χ1n) is 8.82. The summed E-state index contributed by atoms with van der Waals surface area (Å²) in [5.41, 5.74) is 3.08. The first-order chi connectivity index (χ1) is 12.3. The van der Waals surface area contributed by atoms with E-state index >= 15 is 0 Å². The van der Waals surface area contributed by atoms with Crippen LogP contribution in [0.15, 0.2) is 47.4 Å². The van der Waals surface area contributed by atoms with Crippen molar-refractivity contribution in [3.8, 4) is 0 Å². The zero-order chi connectivity index (χ0) is 19.2. The molecule has 26 heavy (non-hydrogen) atoms. The summed E-state index contributed by atoms with van der Waals surface area (Å²) < 4.78 is 27.6. The monoisotopic (exact) mass is 374 g/mol. The van der Waals surface area contributed by atoms with Crippen LogP contribution in [-0.4, -0.2) is 20.9 Å². The summed E-state index contributed by atoms with van der Waals surface area (Å²) in [7, 11) is -3.69. The lowest BCUT2D eigenvalue weighted by atomic mass is 10.1. The molecule has 0 atom stereocenters. The number of sulfonamides is 1. The van der Waals surface area contributed by atoms with Crippen molar-refractivity contribution in [3.05, 3.63) is 59.2 Å². The van der Waals surface area contributed by atoms with Gasteiger partial charge in [0.1, 0.15) is 0 Å². The fourth-order valence-electron chi connectivity index (χ4n) is 2.48. The third-order valence-corrected chi connectivity index (χ3v) is 5.65. The van der Waals surface area contributed by atoms with Crippen molar-refractivity contribution >= 4 is 21.6 Å². The van der Waals surface area contributed by atoms with E-state index in [1.807, 2.05) is 19.9 Å². The minimum Gasteiger partial charge on any atom is -0.352 e. The van der Waals surface area contributed by atoms with Gasteiger partial charge in [-0.2, -0.15) is 0 Å². The standard InChI is InChI=1S/C20H26N2O3S/c1-4-5-6-13-21-20(23)17-8-11-19(12-9-17)26(24,25)22-18-10-7-15(2)16(3)14-18/h7-12,14,22H,4-6,13H2,1-3H3,(H,21,23). The van der Waals surface area contributed by atoms with Crippen LogP contribution in [0.4, 0.5) is 5.69 Å². The molecule has 0 bridgehead atoms. The number of aryl methyl sites for hydroxylation is 2. The third-order valence-electron chi connectivity index (χ3n) is 4.25. The van der Waals surface area contributed by atoms with Crippen LogP contribution in [0, 0.1) is 13.8 Å². The number of nitrogens with one attached hydrogen (secondary N) is 2. The summed E-state index contributed by atoms with van der Waals surface area (Å²) in [5.74, 6) is -0.188. The number of benzene rings is 2. The van der Waals surface area contributed by atoms with Crippen LogP contribution in [0.25, 0.3) is 0 Å². The number of hydrogen-bond donors (Lipinski definition) is 2. The van der Waals surface area contributed by atoms with Gasteiger partial charge in [0.25, 0.3) is 15.9 Å². The van der Waals surface area contributed by atoms with E-state index in [1.165, 1.54) is 24.3 Å². The summed E-state index contributed by atoms with van der Waals surface area (Å²) in [6.07, 6.45) is 3.10. The van der Waals surface area contributed by atoms with E-state index in [2.05, 4.69) is 17.0 Å². The molecule has 1 amide bonds. The number of anilines is 1. The minimum atomic E-state index is -3.69. The molecule has 0 aromatic heterocycles. The average molecular weight is 375 g/mol. The van der Waals surface area contributed by atoms with Crippen LogP contribution in [0.1, 0.15) is 47.7 Å². The molecule has 6 heteroatoms. The molecule has 2 aromatic carbocycles. The summed E-state index contributed by atoms with van der Waals surface area (Å²) in [6.45, 7) is 6.63. The molecule has 0 saturated heterocycles. The lowest BCUT2D eigenvalue weighted by Gasteiger charge is -2.10. The summed E-state index contributed by atoms with van der Waals surface area (Å²) in [4.78, 5) is 12.2. The van der Waals surface area contributed by atoms with Gasteiger partial charge in [-0.3, -0.25) is 9.52 Å². The molecular weight excluding hydrogens is 348 g/mol. The SMILES string of the molecule is CCCCCNC(=O)c1ccc(S(=O)(=O)Nc2ccc(C)c(C)c2)cc1. The molecule has 0 aliphatic heterocycles. The van der Waals surface area contributed by atoms with E-state index in [0.29, 0.717) is 17.8 Å². The van der Waals surface area contributed by atoms with Crippen LogP contribution >= 0.6 is 0 Å². The molecule has 0 saturated carbocycles. The van der Waals surface area contributed by atoms with Crippen LogP contribution in [0.3, 0.4) is 0 Å². The molecule has 0 unspecified atom stereocenters. The molecule has 0 spiro atoms. The van der Waals surface area contributed by atoms with Crippen LogP contribution in [-0.2, 0) is 10.0 Å². The highest BCUT2D eigenvalue weighted by atomic mass is 32.2. The van der Waals surface area contributed by atoms with Crippen molar-refractivity contribution in [1.82, 2.24) is 5.32 Å². The highest BCUT2D eigenvalue weighted by molar-refractivity contribution is 7.92. The van der Waals surface area contributed by atoms with Crippen molar-refractivity contribution in [2.45, 2.75) is 44.9 Å². The van der Waals surface area contributed by atoms with Gasteiger partial charge in [0.15, 0.2) is 0 Å². The Morgan fingerprint density at radius 1 is 0.962 bits per heavy atom. The first kappa shape index (κ1) is 20.0. The maximum Gasteiger partial charge on any atom is 0.261 e. The molecule has 2 aromatic rings. The van der Waals surface area contributed by atoms with E-state index in [-0.39, 0.29) is 10.8 Å². The van der Waals surface area contributed by atoms with Crippen LogP contribution in [0.2, 0.25) is 0 Å². The van der Waals surface area contributed by atoms with Gasteiger partial charge >= 0.3 is 0 Å². The Bertz CT molecular complexity index is 859.